The van der Waals surface area contributed by atoms with Gasteiger partial charge in [0, 0.05) is 18.1 Å². The molecule has 0 unspecified atom stereocenters. The molecule has 0 saturated carbocycles. The lowest BCUT2D eigenvalue weighted by atomic mass is 9.78. The van der Waals surface area contributed by atoms with Crippen LogP contribution in [0.25, 0.3) is 0 Å². The Bertz CT molecular complexity index is 426. The highest BCUT2D eigenvalue weighted by Crippen LogP contribution is 2.38. The fraction of sp³-hybridized carbons (Fsp3) is 0.417. The number of benzene rings is 1. The molecule has 2 nitrogen and oxygen atoms in total. The van der Waals surface area contributed by atoms with Gasteiger partial charge in [-0.05, 0) is 31.0 Å². The van der Waals surface area contributed by atoms with Gasteiger partial charge in [0.1, 0.15) is 0 Å². The topological polar surface area (TPSA) is 20.3 Å². The minimum absolute atomic E-state index is 0.182. The van der Waals surface area contributed by atoms with E-state index < -0.39 is 5.41 Å². The molecule has 1 aromatic carbocycles. The highest BCUT2D eigenvalue weighted by Gasteiger charge is 2.39. The molecule has 0 atom stereocenters. The molecule has 1 aliphatic heterocycles. The summed E-state index contributed by atoms with van der Waals surface area (Å²) in [5, 5.41) is 0. The second kappa shape index (κ2) is 3.34. The average molecular weight is 268 g/mol. The van der Waals surface area contributed by atoms with Gasteiger partial charge in [0.05, 0.1) is 5.41 Å². The van der Waals surface area contributed by atoms with Crippen molar-refractivity contribution in [1.82, 2.24) is 4.90 Å². The Hall–Kier alpha value is -0.830. The van der Waals surface area contributed by atoms with E-state index in [1.807, 2.05) is 33.0 Å². The van der Waals surface area contributed by atoms with Crippen LogP contribution in [0, 0.1) is 0 Å². The van der Waals surface area contributed by atoms with Crippen LogP contribution in [-0.4, -0.2) is 17.9 Å². The summed E-state index contributed by atoms with van der Waals surface area (Å²) in [6, 6.07) is 6.10. The van der Waals surface area contributed by atoms with E-state index in [2.05, 4.69) is 22.0 Å². The van der Waals surface area contributed by atoms with Gasteiger partial charge in [0.15, 0.2) is 0 Å². The molecule has 0 aliphatic carbocycles. The number of amides is 1. The lowest BCUT2D eigenvalue weighted by Crippen LogP contribution is -2.45. The number of hydrogen-bond donors (Lipinski definition) is 0. The first-order valence-corrected chi connectivity index (χ1v) is 5.77. The SMILES string of the molecule is CN1Cc2cccc(Br)c2C(C)(C)C1=O. The lowest BCUT2D eigenvalue weighted by molar-refractivity contribution is -0.136. The van der Waals surface area contributed by atoms with E-state index in [1.54, 1.807) is 4.90 Å². The molecule has 0 radical (unpaired) electrons. The Labute approximate surface area is 98.4 Å². The number of halogens is 1. The molecular weight excluding hydrogens is 254 g/mol. The van der Waals surface area contributed by atoms with Crippen molar-refractivity contribution in [3.63, 3.8) is 0 Å². The Morgan fingerprint density at radius 3 is 2.73 bits per heavy atom. The molecule has 0 aromatic heterocycles. The number of carbonyl (C=O) groups is 1. The van der Waals surface area contributed by atoms with Gasteiger partial charge in [-0.3, -0.25) is 4.79 Å². The second-order valence-corrected chi connectivity index (χ2v) is 5.41. The number of hydrogen-bond acceptors (Lipinski definition) is 1. The fourth-order valence-electron chi connectivity index (χ4n) is 2.31. The molecule has 0 fully saturated rings. The molecule has 2 rings (SSSR count). The van der Waals surface area contributed by atoms with Crippen LogP contribution in [0.4, 0.5) is 0 Å². The maximum atomic E-state index is 12.1. The van der Waals surface area contributed by atoms with Crippen LogP contribution in [0.1, 0.15) is 25.0 Å². The Kier molecular flexibility index (Phi) is 2.38. The van der Waals surface area contributed by atoms with Crippen LogP contribution in [0.5, 0.6) is 0 Å². The van der Waals surface area contributed by atoms with Gasteiger partial charge < -0.3 is 4.90 Å². The summed E-state index contributed by atoms with van der Waals surface area (Å²) < 4.78 is 1.03. The second-order valence-electron chi connectivity index (χ2n) is 4.56. The maximum absolute atomic E-state index is 12.1. The number of carbonyl (C=O) groups excluding carboxylic acids is 1. The number of likely N-dealkylation sites (N-methyl/N-ethyl adjacent to an activating group) is 1. The molecular formula is C12H14BrNO. The number of fused-ring (bicyclic) bond motifs is 1. The van der Waals surface area contributed by atoms with Gasteiger partial charge in [-0.25, -0.2) is 0 Å². The first-order valence-electron chi connectivity index (χ1n) is 4.98. The van der Waals surface area contributed by atoms with Gasteiger partial charge in [0.2, 0.25) is 5.91 Å². The van der Waals surface area contributed by atoms with Crippen LogP contribution < -0.4 is 0 Å². The normalized spacial score (nSPS) is 18.9. The molecule has 3 heteroatoms. The predicted molar refractivity (Wildman–Crippen MR) is 63.6 cm³/mol. The van der Waals surface area contributed by atoms with E-state index in [1.165, 1.54) is 5.56 Å². The highest BCUT2D eigenvalue weighted by atomic mass is 79.9. The van der Waals surface area contributed by atoms with Gasteiger partial charge in [-0.15, -0.1) is 0 Å². The molecule has 1 heterocycles. The molecule has 0 bridgehead atoms. The molecule has 0 saturated heterocycles. The Balaban J connectivity index is 2.67. The van der Waals surface area contributed by atoms with Crippen molar-refractivity contribution in [2.75, 3.05) is 7.05 Å². The molecule has 15 heavy (non-hydrogen) atoms. The molecule has 80 valence electrons. The van der Waals surface area contributed by atoms with Gasteiger partial charge in [-0.1, -0.05) is 28.1 Å². The molecule has 1 aliphatic rings. The van der Waals surface area contributed by atoms with Crippen LogP contribution >= 0.6 is 15.9 Å². The van der Waals surface area contributed by atoms with E-state index in [0.717, 1.165) is 10.0 Å². The summed E-state index contributed by atoms with van der Waals surface area (Å²) in [5.41, 5.74) is 1.94. The molecule has 0 N–H and O–H groups in total. The van der Waals surface area contributed by atoms with E-state index in [0.29, 0.717) is 6.54 Å². The minimum Gasteiger partial charge on any atom is -0.341 e. The summed E-state index contributed by atoms with van der Waals surface area (Å²) in [7, 11) is 1.86. The maximum Gasteiger partial charge on any atom is 0.232 e. The predicted octanol–water partition coefficient (Wildman–Crippen LogP) is 2.70. The van der Waals surface area contributed by atoms with E-state index >= 15 is 0 Å². The monoisotopic (exact) mass is 267 g/mol. The zero-order valence-electron chi connectivity index (χ0n) is 9.17. The number of nitrogens with zero attached hydrogens (tertiary/aromatic N) is 1. The first kappa shape index (κ1) is 10.7. The average Bonchev–Trinajstić information content (AvgIpc) is 2.14. The quantitative estimate of drug-likeness (QED) is 0.708. The largest absolute Gasteiger partial charge is 0.341 e. The summed E-state index contributed by atoms with van der Waals surface area (Å²) in [5.74, 6) is 0.182. The zero-order chi connectivity index (χ0) is 11.2. The van der Waals surface area contributed by atoms with Gasteiger partial charge >= 0.3 is 0 Å². The van der Waals surface area contributed by atoms with Crippen molar-refractivity contribution in [1.29, 1.82) is 0 Å². The summed E-state index contributed by atoms with van der Waals surface area (Å²) in [6.45, 7) is 4.67. The fourth-order valence-corrected chi connectivity index (χ4v) is 3.21. The van der Waals surface area contributed by atoms with E-state index in [-0.39, 0.29) is 5.91 Å². The third kappa shape index (κ3) is 1.49. The lowest BCUT2D eigenvalue weighted by Gasteiger charge is -2.37. The molecule has 1 amide bonds. The van der Waals surface area contributed by atoms with Crippen LogP contribution in [0.2, 0.25) is 0 Å². The highest BCUT2D eigenvalue weighted by molar-refractivity contribution is 9.10. The van der Waals surface area contributed by atoms with Crippen LogP contribution in [0.3, 0.4) is 0 Å². The van der Waals surface area contributed by atoms with E-state index in [4.69, 9.17) is 0 Å². The van der Waals surface area contributed by atoms with Crippen molar-refractivity contribution in [2.45, 2.75) is 25.8 Å². The van der Waals surface area contributed by atoms with E-state index in [9.17, 15) is 4.79 Å². The minimum atomic E-state index is -0.428. The third-order valence-corrected chi connectivity index (χ3v) is 3.67. The van der Waals surface area contributed by atoms with Crippen LogP contribution in [-0.2, 0) is 16.8 Å². The van der Waals surface area contributed by atoms with Crippen molar-refractivity contribution >= 4 is 21.8 Å². The summed E-state index contributed by atoms with van der Waals surface area (Å²) >= 11 is 3.53. The van der Waals surface area contributed by atoms with Crippen molar-refractivity contribution in [2.24, 2.45) is 0 Å². The number of rotatable bonds is 0. The van der Waals surface area contributed by atoms with Crippen molar-refractivity contribution in [3.05, 3.63) is 33.8 Å². The summed E-state index contributed by atoms with van der Waals surface area (Å²) in [6.07, 6.45) is 0. The Morgan fingerprint density at radius 1 is 1.40 bits per heavy atom. The first-order chi connectivity index (χ1) is 6.94. The Morgan fingerprint density at radius 2 is 2.07 bits per heavy atom. The smallest absolute Gasteiger partial charge is 0.232 e. The standard InChI is InChI=1S/C12H14BrNO/c1-12(2)10-8(5-4-6-9(10)13)7-14(3)11(12)15/h4-6H,7H2,1-3H3. The van der Waals surface area contributed by atoms with Crippen molar-refractivity contribution < 1.29 is 4.79 Å². The van der Waals surface area contributed by atoms with Gasteiger partial charge in [-0.2, -0.15) is 0 Å². The molecule has 0 spiro atoms. The third-order valence-electron chi connectivity index (χ3n) is 3.01. The van der Waals surface area contributed by atoms with Gasteiger partial charge in [0.25, 0.3) is 0 Å². The van der Waals surface area contributed by atoms with Crippen LogP contribution in [0.15, 0.2) is 22.7 Å². The molecule has 1 aromatic rings. The summed E-state index contributed by atoms with van der Waals surface area (Å²) in [4.78, 5) is 13.9. The van der Waals surface area contributed by atoms with Crippen molar-refractivity contribution in [3.8, 4) is 0 Å². The zero-order valence-corrected chi connectivity index (χ0v) is 10.8.